The van der Waals surface area contributed by atoms with Crippen LogP contribution in [0.2, 0.25) is 10.2 Å². The maximum absolute atomic E-state index is 12.2. The van der Waals surface area contributed by atoms with Gasteiger partial charge in [-0.3, -0.25) is 4.79 Å². The van der Waals surface area contributed by atoms with E-state index >= 15 is 0 Å². The van der Waals surface area contributed by atoms with Crippen LogP contribution in [0.25, 0.3) is 0 Å². The number of rotatable bonds is 3. The van der Waals surface area contributed by atoms with Crippen LogP contribution in [0.15, 0.2) is 36.4 Å². The molecule has 0 aliphatic rings. The van der Waals surface area contributed by atoms with Crippen molar-refractivity contribution in [3.8, 4) is 0 Å². The number of hydrogen-bond acceptors (Lipinski definition) is 2. The Bertz CT molecular complexity index is 642. The molecule has 3 nitrogen and oxygen atoms in total. The highest BCUT2D eigenvalue weighted by molar-refractivity contribution is 6.35. The zero-order valence-corrected chi connectivity index (χ0v) is 12.7. The third kappa shape index (κ3) is 3.30. The van der Waals surface area contributed by atoms with Gasteiger partial charge in [0.1, 0.15) is 10.8 Å². The van der Waals surface area contributed by atoms with Gasteiger partial charge in [0.15, 0.2) is 0 Å². The minimum Gasteiger partial charge on any atom is -0.320 e. The summed E-state index contributed by atoms with van der Waals surface area (Å²) >= 11 is 11.8. The molecule has 5 heteroatoms. The van der Waals surface area contributed by atoms with Crippen LogP contribution < -0.4 is 5.32 Å². The second-order valence-electron chi connectivity index (χ2n) is 4.66. The number of carbonyl (C=O) groups is 1. The first-order valence-electron chi connectivity index (χ1n) is 6.21. The highest BCUT2D eigenvalue weighted by Gasteiger charge is 2.15. The first kappa shape index (κ1) is 14.8. The van der Waals surface area contributed by atoms with E-state index in [9.17, 15) is 4.79 Å². The Kier molecular flexibility index (Phi) is 4.63. The van der Waals surface area contributed by atoms with Crippen LogP contribution in [0.5, 0.6) is 0 Å². The predicted octanol–water partition coefficient (Wildman–Crippen LogP) is 4.76. The summed E-state index contributed by atoms with van der Waals surface area (Å²) in [4.78, 5) is 16.2. The molecule has 1 N–H and O–H groups in total. The van der Waals surface area contributed by atoms with Gasteiger partial charge >= 0.3 is 0 Å². The van der Waals surface area contributed by atoms with E-state index in [1.165, 1.54) is 0 Å². The largest absolute Gasteiger partial charge is 0.320 e. The van der Waals surface area contributed by atoms with E-state index in [0.29, 0.717) is 5.92 Å². The van der Waals surface area contributed by atoms with Gasteiger partial charge in [-0.05, 0) is 29.7 Å². The van der Waals surface area contributed by atoms with Gasteiger partial charge in [-0.2, -0.15) is 0 Å². The molecule has 0 bridgehead atoms. The number of hydrogen-bond donors (Lipinski definition) is 1. The monoisotopic (exact) mass is 308 g/mol. The van der Waals surface area contributed by atoms with Gasteiger partial charge < -0.3 is 5.32 Å². The molecule has 0 atom stereocenters. The lowest BCUT2D eigenvalue weighted by atomic mass is 10.0. The average molecular weight is 309 g/mol. The molecule has 1 heterocycles. The summed E-state index contributed by atoms with van der Waals surface area (Å²) in [6, 6.07) is 10.7. The van der Waals surface area contributed by atoms with E-state index in [-0.39, 0.29) is 21.8 Å². The topological polar surface area (TPSA) is 42.0 Å². The van der Waals surface area contributed by atoms with Crippen LogP contribution in [0.3, 0.4) is 0 Å². The molecule has 1 aromatic carbocycles. The van der Waals surface area contributed by atoms with E-state index in [1.807, 2.05) is 24.3 Å². The van der Waals surface area contributed by atoms with Gasteiger partial charge in [0.05, 0.1) is 5.02 Å². The molecule has 0 fully saturated rings. The molecule has 0 unspecified atom stereocenters. The molecule has 0 spiro atoms. The van der Waals surface area contributed by atoms with Crippen LogP contribution in [-0.2, 0) is 0 Å². The van der Waals surface area contributed by atoms with Crippen LogP contribution >= 0.6 is 23.2 Å². The lowest BCUT2D eigenvalue weighted by molar-refractivity contribution is 0.102. The number of aromatic nitrogens is 1. The first-order chi connectivity index (χ1) is 9.49. The smallest absolute Gasteiger partial charge is 0.275 e. The molecule has 2 rings (SSSR count). The molecule has 0 radical (unpaired) electrons. The van der Waals surface area contributed by atoms with Crippen LogP contribution in [0.4, 0.5) is 5.69 Å². The maximum Gasteiger partial charge on any atom is 0.275 e. The molecule has 1 amide bonds. The molecule has 0 aliphatic carbocycles. The average Bonchev–Trinajstić information content (AvgIpc) is 2.41. The van der Waals surface area contributed by atoms with Crippen molar-refractivity contribution in [2.45, 2.75) is 19.8 Å². The summed E-state index contributed by atoms with van der Waals surface area (Å²) in [7, 11) is 0. The summed E-state index contributed by atoms with van der Waals surface area (Å²) in [6.07, 6.45) is 0. The van der Waals surface area contributed by atoms with Crippen molar-refractivity contribution in [1.82, 2.24) is 4.98 Å². The summed E-state index contributed by atoms with van der Waals surface area (Å²) in [5.41, 5.74) is 1.93. The predicted molar refractivity (Wildman–Crippen MR) is 82.7 cm³/mol. The molecule has 1 aromatic heterocycles. The molecule has 2 aromatic rings. The molecular weight excluding hydrogens is 295 g/mol. The lowest BCUT2D eigenvalue weighted by Gasteiger charge is -2.13. The fourth-order valence-electron chi connectivity index (χ4n) is 1.87. The second-order valence-corrected chi connectivity index (χ2v) is 5.45. The Morgan fingerprint density at radius 2 is 1.85 bits per heavy atom. The number of nitrogens with one attached hydrogen (secondary N) is 1. The number of halogens is 2. The van der Waals surface area contributed by atoms with Crippen molar-refractivity contribution >= 4 is 34.8 Å². The standard InChI is InChI=1S/C15H14Cl2N2O/c1-9(2)10-5-3-4-6-12(10)18-15(20)14-11(16)7-8-13(17)19-14/h3-9H,1-2H3,(H,18,20). The number of carbonyl (C=O) groups excluding carboxylic acids is 1. The number of benzene rings is 1. The van der Waals surface area contributed by atoms with E-state index in [2.05, 4.69) is 24.1 Å². The molecule has 20 heavy (non-hydrogen) atoms. The van der Waals surface area contributed by atoms with Crippen molar-refractivity contribution in [1.29, 1.82) is 0 Å². The minimum atomic E-state index is -0.370. The minimum absolute atomic E-state index is 0.123. The Morgan fingerprint density at radius 3 is 2.55 bits per heavy atom. The number of pyridine rings is 1. The first-order valence-corrected chi connectivity index (χ1v) is 6.97. The second kappa shape index (κ2) is 6.25. The summed E-state index contributed by atoms with van der Waals surface area (Å²) < 4.78 is 0. The van der Waals surface area contributed by atoms with Crippen molar-refractivity contribution in [2.75, 3.05) is 5.32 Å². The maximum atomic E-state index is 12.2. The molecule has 0 saturated heterocycles. The molecule has 104 valence electrons. The van der Waals surface area contributed by atoms with Crippen LogP contribution in [0, 0.1) is 0 Å². The van der Waals surface area contributed by atoms with Crippen molar-refractivity contribution in [3.63, 3.8) is 0 Å². The van der Waals surface area contributed by atoms with E-state index < -0.39 is 0 Å². The van der Waals surface area contributed by atoms with Crippen molar-refractivity contribution < 1.29 is 4.79 Å². The Balaban J connectivity index is 2.31. The highest BCUT2D eigenvalue weighted by atomic mass is 35.5. The SMILES string of the molecule is CC(C)c1ccccc1NC(=O)c1nc(Cl)ccc1Cl. The summed E-state index contributed by atoms with van der Waals surface area (Å²) in [5.74, 6) is -0.0695. The molecule has 0 saturated carbocycles. The van der Waals surface area contributed by atoms with Crippen molar-refractivity contribution in [3.05, 3.63) is 57.8 Å². The number of amides is 1. The van der Waals surface area contributed by atoms with Gasteiger partial charge in [0.25, 0.3) is 5.91 Å². The van der Waals surface area contributed by atoms with Gasteiger partial charge in [-0.1, -0.05) is 55.2 Å². The van der Waals surface area contributed by atoms with E-state index in [0.717, 1.165) is 11.3 Å². The molecular formula is C15H14Cl2N2O. The number of para-hydroxylation sites is 1. The van der Waals surface area contributed by atoms with Crippen LogP contribution in [0.1, 0.15) is 35.8 Å². The summed E-state index contributed by atoms with van der Waals surface area (Å²) in [5, 5.41) is 3.34. The van der Waals surface area contributed by atoms with E-state index in [1.54, 1.807) is 12.1 Å². The Hall–Kier alpha value is -1.58. The van der Waals surface area contributed by atoms with Crippen LogP contribution in [-0.4, -0.2) is 10.9 Å². The third-order valence-corrected chi connectivity index (χ3v) is 3.37. The Morgan fingerprint density at radius 1 is 1.15 bits per heavy atom. The normalized spacial score (nSPS) is 10.7. The fraction of sp³-hybridized carbons (Fsp3) is 0.200. The zero-order chi connectivity index (χ0) is 14.7. The highest BCUT2D eigenvalue weighted by Crippen LogP contribution is 2.25. The number of anilines is 1. The summed E-state index contributed by atoms with van der Waals surface area (Å²) in [6.45, 7) is 4.13. The lowest BCUT2D eigenvalue weighted by Crippen LogP contribution is -2.15. The van der Waals surface area contributed by atoms with Gasteiger partial charge in [-0.15, -0.1) is 0 Å². The van der Waals surface area contributed by atoms with Gasteiger partial charge in [-0.25, -0.2) is 4.98 Å². The van der Waals surface area contributed by atoms with E-state index in [4.69, 9.17) is 23.2 Å². The van der Waals surface area contributed by atoms with Gasteiger partial charge in [0, 0.05) is 5.69 Å². The molecule has 0 aliphatic heterocycles. The van der Waals surface area contributed by atoms with Gasteiger partial charge in [0.2, 0.25) is 0 Å². The fourth-order valence-corrected chi connectivity index (χ4v) is 2.21. The third-order valence-electron chi connectivity index (χ3n) is 2.86. The number of nitrogens with zero attached hydrogens (tertiary/aromatic N) is 1. The van der Waals surface area contributed by atoms with Crippen molar-refractivity contribution in [2.24, 2.45) is 0 Å². The zero-order valence-electron chi connectivity index (χ0n) is 11.2. The Labute approximate surface area is 127 Å². The quantitative estimate of drug-likeness (QED) is 0.830.